The maximum atomic E-state index is 14.8. The molecular weight excluding hydrogens is 617 g/mol. The molecule has 0 radical (unpaired) electrons. The molecule has 0 spiro atoms. The fourth-order valence-electron chi connectivity index (χ4n) is 5.31. The summed E-state index contributed by atoms with van der Waals surface area (Å²) in [5.41, 5.74) is 5.85. The number of halogens is 2. The van der Waals surface area contributed by atoms with E-state index in [1.54, 1.807) is 40.5 Å². The van der Waals surface area contributed by atoms with E-state index >= 15 is 0 Å². The van der Waals surface area contributed by atoms with Crippen LogP contribution in [0.5, 0.6) is 0 Å². The van der Waals surface area contributed by atoms with Crippen molar-refractivity contribution in [3.05, 3.63) is 128 Å². The number of hydrogen-bond acceptors (Lipinski definition) is 5. The Labute approximate surface area is 263 Å². The Bertz CT molecular complexity index is 2200. The van der Waals surface area contributed by atoms with E-state index in [-0.39, 0.29) is 10.6 Å². The number of aryl methyl sites for hydroxylation is 2. The quantitative estimate of drug-likeness (QED) is 0.170. The highest BCUT2D eigenvalue weighted by Crippen LogP contribution is 2.45. The van der Waals surface area contributed by atoms with Gasteiger partial charge in [-0.25, -0.2) is 8.60 Å². The lowest BCUT2D eigenvalue weighted by Crippen LogP contribution is -2.07. The normalized spacial score (nSPS) is 11.8. The summed E-state index contributed by atoms with van der Waals surface area (Å²) in [6, 6.07) is 26.3. The zero-order chi connectivity index (χ0) is 31.1. The minimum Gasteiger partial charge on any atom is -0.263 e. The van der Waals surface area contributed by atoms with Gasteiger partial charge >= 0.3 is 5.91 Å². The van der Waals surface area contributed by atoms with Crippen LogP contribution in [-0.4, -0.2) is 14.1 Å². The van der Waals surface area contributed by atoms with E-state index in [4.69, 9.17) is 11.6 Å². The molecule has 4 aromatic carbocycles. The highest BCUT2D eigenvalue weighted by Gasteiger charge is 2.27. The zero-order valence-electron chi connectivity index (χ0n) is 23.3. The topological polar surface area (TPSA) is 92.3 Å². The van der Waals surface area contributed by atoms with Crippen LogP contribution in [0, 0.1) is 35.9 Å². The van der Waals surface area contributed by atoms with Gasteiger partial charge in [0.05, 0.1) is 16.1 Å². The lowest BCUT2D eigenvalue weighted by Gasteiger charge is -2.15. The SMILES string of the molecule is Cc1ccc(S(=O)n2c(-c3cccc(-c4cc(C)c(C(=O)N=O)cc4Cl)c3)c(-c3ccsc3C#N)c3cc(F)ccc32)cc1. The summed E-state index contributed by atoms with van der Waals surface area (Å²) in [7, 11) is -1.76. The first kappa shape index (κ1) is 29.3. The molecule has 2 aromatic heterocycles. The minimum atomic E-state index is -1.76. The van der Waals surface area contributed by atoms with Crippen LogP contribution < -0.4 is 0 Å². The molecule has 0 aliphatic rings. The number of nitriles is 1. The molecule has 0 aliphatic carbocycles. The van der Waals surface area contributed by atoms with E-state index in [0.29, 0.717) is 59.8 Å². The van der Waals surface area contributed by atoms with Gasteiger partial charge in [0.25, 0.3) is 0 Å². The first-order valence-electron chi connectivity index (χ1n) is 13.3. The molecule has 1 atom stereocenters. The molecule has 0 bridgehead atoms. The number of fused-ring (bicyclic) bond motifs is 1. The average Bonchev–Trinajstić information content (AvgIpc) is 3.63. The molecular formula is C34H21ClFN3O3S2. The van der Waals surface area contributed by atoms with Gasteiger partial charge < -0.3 is 0 Å². The molecule has 0 saturated heterocycles. The van der Waals surface area contributed by atoms with E-state index in [9.17, 15) is 23.6 Å². The molecule has 1 amide bonds. The van der Waals surface area contributed by atoms with Gasteiger partial charge in [-0.15, -0.1) is 16.2 Å². The molecule has 6 rings (SSSR count). The Morgan fingerprint density at radius 3 is 2.45 bits per heavy atom. The van der Waals surface area contributed by atoms with Gasteiger partial charge in [0.1, 0.15) is 16.8 Å². The predicted octanol–water partition coefficient (Wildman–Crippen LogP) is 9.46. The summed E-state index contributed by atoms with van der Waals surface area (Å²) in [6.07, 6.45) is 0. The molecule has 6 aromatic rings. The number of benzene rings is 4. The van der Waals surface area contributed by atoms with Crippen LogP contribution in [0.15, 0.2) is 100 Å². The lowest BCUT2D eigenvalue weighted by atomic mass is 9.95. The van der Waals surface area contributed by atoms with Crippen LogP contribution in [0.3, 0.4) is 0 Å². The molecule has 1 unspecified atom stereocenters. The standard InChI is InChI=1S/C34H21ClFN3O3S2/c1-19-6-9-24(10-7-19)44(42)39-30-11-8-23(36)16-28(30)32(25-12-13-43-31(25)18-37)33(39)22-5-3-4-21(15-22)27-14-20(2)26(17-29(27)35)34(40)38-41/h3-17H,1-2H3. The van der Waals surface area contributed by atoms with Crippen LogP contribution >= 0.6 is 22.9 Å². The van der Waals surface area contributed by atoms with Gasteiger partial charge in [-0.3, -0.25) is 8.77 Å². The van der Waals surface area contributed by atoms with E-state index in [0.717, 1.165) is 5.56 Å². The zero-order valence-corrected chi connectivity index (χ0v) is 25.7. The second-order valence-corrected chi connectivity index (χ2v) is 12.8. The second kappa shape index (κ2) is 11.7. The predicted molar refractivity (Wildman–Crippen MR) is 174 cm³/mol. The molecule has 2 heterocycles. The molecule has 6 nitrogen and oxygen atoms in total. The van der Waals surface area contributed by atoms with Crippen molar-refractivity contribution in [2.45, 2.75) is 18.7 Å². The number of nitrogens with zero attached hydrogens (tertiary/aromatic N) is 3. The van der Waals surface area contributed by atoms with Gasteiger partial charge in [-0.05, 0) is 85.0 Å². The van der Waals surface area contributed by atoms with E-state index in [1.807, 2.05) is 49.4 Å². The Morgan fingerprint density at radius 2 is 1.73 bits per heavy atom. The fourth-order valence-corrected chi connectivity index (χ4v) is 7.55. The summed E-state index contributed by atoms with van der Waals surface area (Å²) in [6.45, 7) is 3.64. The van der Waals surface area contributed by atoms with Crippen molar-refractivity contribution >= 4 is 50.7 Å². The van der Waals surface area contributed by atoms with Crippen molar-refractivity contribution in [1.82, 2.24) is 3.97 Å². The van der Waals surface area contributed by atoms with Crippen molar-refractivity contribution in [2.24, 2.45) is 5.18 Å². The van der Waals surface area contributed by atoms with E-state index in [1.165, 1.54) is 29.5 Å². The number of amides is 1. The smallest absolute Gasteiger partial charge is 0.263 e. The van der Waals surface area contributed by atoms with Gasteiger partial charge in [0.2, 0.25) is 0 Å². The van der Waals surface area contributed by atoms with Crippen LogP contribution in [0.25, 0.3) is 44.4 Å². The maximum absolute atomic E-state index is 14.8. The highest BCUT2D eigenvalue weighted by molar-refractivity contribution is 7.83. The van der Waals surface area contributed by atoms with Gasteiger partial charge in [0, 0.05) is 43.4 Å². The number of aromatic nitrogens is 1. The number of carbonyl (C=O) groups is 1. The van der Waals surface area contributed by atoms with Crippen molar-refractivity contribution in [3.8, 4) is 39.6 Å². The minimum absolute atomic E-state index is 0.115. The maximum Gasteiger partial charge on any atom is 0.317 e. The first-order chi connectivity index (χ1) is 21.2. The van der Waals surface area contributed by atoms with Crippen LogP contribution in [0.1, 0.15) is 26.4 Å². The summed E-state index contributed by atoms with van der Waals surface area (Å²) in [5.74, 6) is -1.37. The molecule has 0 saturated carbocycles. The monoisotopic (exact) mass is 637 g/mol. The first-order valence-corrected chi connectivity index (χ1v) is 15.7. The van der Waals surface area contributed by atoms with Gasteiger partial charge in [0.15, 0.2) is 11.0 Å². The second-order valence-electron chi connectivity index (χ2n) is 10.1. The Kier molecular flexibility index (Phi) is 7.82. The van der Waals surface area contributed by atoms with Crippen molar-refractivity contribution < 1.29 is 13.4 Å². The highest BCUT2D eigenvalue weighted by atomic mass is 35.5. The van der Waals surface area contributed by atoms with Gasteiger partial charge in [-0.1, -0.05) is 47.5 Å². The Hall–Kier alpha value is -4.75. The van der Waals surface area contributed by atoms with Crippen LogP contribution in [0.2, 0.25) is 5.02 Å². The largest absolute Gasteiger partial charge is 0.317 e. The molecule has 216 valence electrons. The number of carbonyl (C=O) groups excluding carboxylic acids is 1. The summed E-state index contributed by atoms with van der Waals surface area (Å²) < 4.78 is 30.9. The third-order valence-electron chi connectivity index (χ3n) is 7.39. The molecule has 10 heteroatoms. The summed E-state index contributed by atoms with van der Waals surface area (Å²) in [5, 5.41) is 15.0. The molecule has 44 heavy (non-hydrogen) atoms. The van der Waals surface area contributed by atoms with Crippen LogP contribution in [0.4, 0.5) is 4.39 Å². The Balaban J connectivity index is 1.67. The van der Waals surface area contributed by atoms with E-state index < -0.39 is 22.7 Å². The number of rotatable bonds is 6. The third-order valence-corrected chi connectivity index (χ3v) is 9.90. The van der Waals surface area contributed by atoms with E-state index in [2.05, 4.69) is 11.2 Å². The van der Waals surface area contributed by atoms with Crippen molar-refractivity contribution in [2.75, 3.05) is 0 Å². The van der Waals surface area contributed by atoms with Gasteiger partial charge in [-0.2, -0.15) is 5.26 Å². The average molecular weight is 638 g/mol. The molecule has 0 aliphatic heterocycles. The molecule has 0 fully saturated rings. The number of hydrogen-bond donors (Lipinski definition) is 0. The van der Waals surface area contributed by atoms with Crippen LogP contribution in [-0.2, 0) is 11.0 Å². The molecule has 0 N–H and O–H groups in total. The van der Waals surface area contributed by atoms with Crippen molar-refractivity contribution in [3.63, 3.8) is 0 Å². The summed E-state index contributed by atoms with van der Waals surface area (Å²) in [4.78, 5) is 23.9. The fraction of sp³-hybridized carbons (Fsp3) is 0.0588. The summed E-state index contributed by atoms with van der Waals surface area (Å²) >= 11 is 7.89. The Morgan fingerprint density at radius 1 is 0.977 bits per heavy atom. The number of nitroso groups, excluding NO2 is 1. The third kappa shape index (κ3) is 5.07. The van der Waals surface area contributed by atoms with Crippen molar-refractivity contribution in [1.29, 1.82) is 5.26 Å². The number of thiophene rings is 1. The lowest BCUT2D eigenvalue weighted by molar-refractivity contribution is 0.1000.